The molecule has 0 aliphatic rings. The van der Waals surface area contributed by atoms with Gasteiger partial charge in [0.2, 0.25) is 0 Å². The van der Waals surface area contributed by atoms with Crippen LogP contribution in [-0.4, -0.2) is 5.11 Å². The Kier molecular flexibility index (Phi) is 4.45. The summed E-state index contributed by atoms with van der Waals surface area (Å²) in [6, 6.07) is 16.7. The predicted octanol–water partition coefficient (Wildman–Crippen LogP) is 4.59. The molecule has 1 nitrogen and oxygen atoms in total. The summed E-state index contributed by atoms with van der Waals surface area (Å²) < 4.78 is 0. The van der Waals surface area contributed by atoms with Gasteiger partial charge in [-0.2, -0.15) is 0 Å². The Labute approximate surface area is 113 Å². The summed E-state index contributed by atoms with van der Waals surface area (Å²) in [5.74, 6) is 0. The third kappa shape index (κ3) is 3.37. The Morgan fingerprint density at radius 1 is 0.944 bits per heavy atom. The summed E-state index contributed by atoms with van der Waals surface area (Å²) >= 11 is 1.74. The maximum Gasteiger partial charge on any atom is 0.0787 e. The number of benzene rings is 2. The lowest BCUT2D eigenvalue weighted by Gasteiger charge is -2.08. The summed E-state index contributed by atoms with van der Waals surface area (Å²) in [6.45, 7) is 4.08. The monoisotopic (exact) mass is 258 g/mol. The van der Waals surface area contributed by atoms with Crippen LogP contribution in [-0.2, 0) is 0 Å². The Morgan fingerprint density at radius 2 is 1.44 bits per heavy atom. The van der Waals surface area contributed by atoms with Gasteiger partial charge in [0.05, 0.1) is 6.10 Å². The molecule has 0 heterocycles. The molecule has 0 bridgehead atoms. The molecule has 0 aromatic heterocycles. The highest BCUT2D eigenvalue weighted by Gasteiger charge is 2.04. The summed E-state index contributed by atoms with van der Waals surface area (Å²) in [5.41, 5.74) is 2.27. The average Bonchev–Trinajstić information content (AvgIpc) is 2.41. The molecule has 94 valence electrons. The van der Waals surface area contributed by atoms with E-state index in [1.54, 1.807) is 11.8 Å². The van der Waals surface area contributed by atoms with Crippen molar-refractivity contribution in [1.29, 1.82) is 0 Å². The zero-order valence-corrected chi connectivity index (χ0v) is 11.6. The van der Waals surface area contributed by atoms with Crippen LogP contribution in [0.25, 0.3) is 0 Å². The second-order valence-electron chi connectivity index (χ2n) is 4.41. The number of aliphatic hydroxyl groups excluding tert-OH is 1. The molecule has 2 aromatic rings. The first-order valence-electron chi connectivity index (χ1n) is 6.21. The van der Waals surface area contributed by atoms with Gasteiger partial charge in [-0.15, -0.1) is 0 Å². The largest absolute Gasteiger partial charge is 0.388 e. The Balaban J connectivity index is 2.08. The fraction of sp³-hybridized carbons (Fsp3) is 0.250. The minimum Gasteiger partial charge on any atom is -0.388 e. The van der Waals surface area contributed by atoms with E-state index in [2.05, 4.69) is 43.3 Å². The van der Waals surface area contributed by atoms with Gasteiger partial charge in [0.15, 0.2) is 0 Å². The minimum atomic E-state index is -0.344. The van der Waals surface area contributed by atoms with Crippen LogP contribution in [0.5, 0.6) is 0 Å². The summed E-state index contributed by atoms with van der Waals surface area (Å²) in [6.07, 6.45) is 0.410. The maximum atomic E-state index is 9.73. The molecule has 0 amide bonds. The number of hydrogen-bond donors (Lipinski definition) is 1. The molecular formula is C16H18OS. The highest BCUT2D eigenvalue weighted by atomic mass is 32.2. The number of rotatable bonds is 4. The lowest BCUT2D eigenvalue weighted by atomic mass is 10.1. The van der Waals surface area contributed by atoms with Gasteiger partial charge in [-0.05, 0) is 43.2 Å². The van der Waals surface area contributed by atoms with Crippen LogP contribution in [0.15, 0.2) is 58.3 Å². The highest BCUT2D eigenvalue weighted by molar-refractivity contribution is 7.99. The van der Waals surface area contributed by atoms with Crippen LogP contribution in [0.2, 0.25) is 0 Å². The van der Waals surface area contributed by atoms with Gasteiger partial charge in [0.1, 0.15) is 0 Å². The quantitative estimate of drug-likeness (QED) is 0.865. The number of aryl methyl sites for hydroxylation is 1. The molecule has 0 aliphatic heterocycles. The summed E-state index contributed by atoms with van der Waals surface area (Å²) in [5, 5.41) is 9.73. The molecule has 0 radical (unpaired) electrons. The van der Waals surface area contributed by atoms with Crippen LogP contribution in [0.1, 0.15) is 30.6 Å². The van der Waals surface area contributed by atoms with E-state index < -0.39 is 0 Å². The van der Waals surface area contributed by atoms with Crippen molar-refractivity contribution in [3.8, 4) is 0 Å². The molecule has 2 rings (SSSR count). The zero-order valence-electron chi connectivity index (χ0n) is 10.8. The molecule has 0 fully saturated rings. The standard InChI is InChI=1S/C16H18OS/c1-3-16(17)13-6-10-15(11-7-13)18-14-8-4-12(2)5-9-14/h4-11,16-17H,3H2,1-2H3. The summed E-state index contributed by atoms with van der Waals surface area (Å²) in [7, 11) is 0. The third-order valence-corrected chi connectivity index (χ3v) is 3.92. The van der Waals surface area contributed by atoms with E-state index in [1.165, 1.54) is 15.4 Å². The van der Waals surface area contributed by atoms with Gasteiger partial charge >= 0.3 is 0 Å². The Hall–Kier alpha value is -1.25. The van der Waals surface area contributed by atoms with E-state index in [9.17, 15) is 5.11 Å². The second kappa shape index (κ2) is 6.07. The van der Waals surface area contributed by atoms with E-state index in [4.69, 9.17) is 0 Å². The Morgan fingerprint density at radius 3 is 1.94 bits per heavy atom. The van der Waals surface area contributed by atoms with E-state index in [0.29, 0.717) is 0 Å². The smallest absolute Gasteiger partial charge is 0.0787 e. The zero-order chi connectivity index (χ0) is 13.0. The molecule has 0 saturated heterocycles. The van der Waals surface area contributed by atoms with Crippen molar-refractivity contribution in [2.45, 2.75) is 36.2 Å². The fourth-order valence-electron chi connectivity index (χ4n) is 1.74. The molecule has 0 spiro atoms. The van der Waals surface area contributed by atoms with E-state index in [-0.39, 0.29) is 6.10 Å². The van der Waals surface area contributed by atoms with Crippen molar-refractivity contribution >= 4 is 11.8 Å². The second-order valence-corrected chi connectivity index (χ2v) is 5.56. The van der Waals surface area contributed by atoms with Gasteiger partial charge in [-0.3, -0.25) is 0 Å². The Bertz CT molecular complexity index is 488. The molecule has 1 atom stereocenters. The van der Waals surface area contributed by atoms with Crippen LogP contribution < -0.4 is 0 Å². The molecule has 0 aliphatic carbocycles. The van der Waals surface area contributed by atoms with E-state index >= 15 is 0 Å². The molecule has 2 aromatic carbocycles. The first-order valence-corrected chi connectivity index (χ1v) is 7.03. The SMILES string of the molecule is CCC(O)c1ccc(Sc2ccc(C)cc2)cc1. The van der Waals surface area contributed by atoms with E-state index in [1.807, 2.05) is 19.1 Å². The van der Waals surface area contributed by atoms with Crippen LogP contribution in [0.4, 0.5) is 0 Å². The van der Waals surface area contributed by atoms with Gasteiger partial charge in [0, 0.05) is 9.79 Å². The van der Waals surface area contributed by atoms with Crippen LogP contribution >= 0.6 is 11.8 Å². The normalized spacial score (nSPS) is 12.4. The number of aliphatic hydroxyl groups is 1. The maximum absolute atomic E-state index is 9.73. The predicted molar refractivity (Wildman–Crippen MR) is 77.0 cm³/mol. The van der Waals surface area contributed by atoms with Crippen molar-refractivity contribution < 1.29 is 5.11 Å². The van der Waals surface area contributed by atoms with Gasteiger partial charge < -0.3 is 5.11 Å². The van der Waals surface area contributed by atoms with Gasteiger partial charge in [-0.1, -0.05) is 48.5 Å². The van der Waals surface area contributed by atoms with Crippen molar-refractivity contribution in [2.24, 2.45) is 0 Å². The highest BCUT2D eigenvalue weighted by Crippen LogP contribution is 2.29. The first-order chi connectivity index (χ1) is 8.69. The molecular weight excluding hydrogens is 240 g/mol. The molecule has 2 heteroatoms. The lowest BCUT2D eigenvalue weighted by molar-refractivity contribution is 0.173. The molecule has 1 N–H and O–H groups in total. The van der Waals surface area contributed by atoms with Crippen molar-refractivity contribution in [1.82, 2.24) is 0 Å². The first kappa shape index (κ1) is 13.2. The van der Waals surface area contributed by atoms with Crippen molar-refractivity contribution in [2.75, 3.05) is 0 Å². The summed E-state index contributed by atoms with van der Waals surface area (Å²) in [4.78, 5) is 2.44. The molecule has 0 saturated carbocycles. The van der Waals surface area contributed by atoms with E-state index in [0.717, 1.165) is 12.0 Å². The average molecular weight is 258 g/mol. The molecule has 1 unspecified atom stereocenters. The van der Waals surface area contributed by atoms with Gasteiger partial charge in [0.25, 0.3) is 0 Å². The number of hydrogen-bond acceptors (Lipinski definition) is 2. The fourth-order valence-corrected chi connectivity index (χ4v) is 2.55. The topological polar surface area (TPSA) is 20.2 Å². The lowest BCUT2D eigenvalue weighted by Crippen LogP contribution is -1.93. The van der Waals surface area contributed by atoms with Crippen molar-refractivity contribution in [3.63, 3.8) is 0 Å². The third-order valence-electron chi connectivity index (χ3n) is 2.91. The minimum absolute atomic E-state index is 0.344. The van der Waals surface area contributed by atoms with Gasteiger partial charge in [-0.25, -0.2) is 0 Å². The van der Waals surface area contributed by atoms with Crippen molar-refractivity contribution in [3.05, 3.63) is 59.7 Å². The molecule has 18 heavy (non-hydrogen) atoms. The van der Waals surface area contributed by atoms with Crippen LogP contribution in [0.3, 0.4) is 0 Å². The van der Waals surface area contributed by atoms with Crippen LogP contribution in [0, 0.1) is 6.92 Å².